The zero-order valence-electron chi connectivity index (χ0n) is 8.64. The molecule has 0 aromatic carbocycles. The van der Waals surface area contributed by atoms with E-state index in [9.17, 15) is 9.59 Å². The minimum absolute atomic E-state index is 0.0599. The van der Waals surface area contributed by atoms with Crippen LogP contribution in [0, 0.1) is 5.41 Å². The molecule has 1 aliphatic heterocycles. The van der Waals surface area contributed by atoms with E-state index in [1.807, 2.05) is 0 Å². The Kier molecular flexibility index (Phi) is 4.32. The molecule has 4 N–H and O–H groups in total. The van der Waals surface area contributed by atoms with E-state index in [1.54, 1.807) is 0 Å². The van der Waals surface area contributed by atoms with Crippen LogP contribution >= 0.6 is 0 Å². The van der Waals surface area contributed by atoms with Crippen LogP contribution in [-0.2, 0) is 18.9 Å². The van der Waals surface area contributed by atoms with Crippen molar-refractivity contribution in [3.05, 3.63) is 0 Å². The molecule has 0 aliphatic carbocycles. The Hall–Kier alpha value is -1.54. The smallest absolute Gasteiger partial charge is 0.404 e. The van der Waals surface area contributed by atoms with Gasteiger partial charge in [-0.2, -0.15) is 0 Å². The number of primary amides is 2. The van der Waals surface area contributed by atoms with Crippen LogP contribution in [0.15, 0.2) is 0 Å². The first kappa shape index (κ1) is 12.5. The lowest BCUT2D eigenvalue weighted by Gasteiger charge is -2.34. The number of carbonyl (C=O) groups is 2. The monoisotopic (exact) mass is 234 g/mol. The van der Waals surface area contributed by atoms with E-state index in [4.69, 9.17) is 20.9 Å². The third-order valence-corrected chi connectivity index (χ3v) is 2.02. The summed E-state index contributed by atoms with van der Waals surface area (Å²) in [4.78, 5) is 21.0. The van der Waals surface area contributed by atoms with Crippen molar-refractivity contribution in [1.82, 2.24) is 0 Å². The molecule has 16 heavy (non-hydrogen) atoms. The summed E-state index contributed by atoms with van der Waals surface area (Å²) >= 11 is 0. The van der Waals surface area contributed by atoms with Crippen molar-refractivity contribution in [3.8, 4) is 0 Å². The molecule has 1 rings (SSSR count). The quantitative estimate of drug-likeness (QED) is 0.654. The van der Waals surface area contributed by atoms with Gasteiger partial charge in [0, 0.05) is 0 Å². The first-order valence-electron chi connectivity index (χ1n) is 4.54. The second-order valence-corrected chi connectivity index (χ2v) is 3.53. The highest BCUT2D eigenvalue weighted by atomic mass is 16.7. The van der Waals surface area contributed by atoms with E-state index < -0.39 is 17.6 Å². The Morgan fingerprint density at radius 1 is 1.06 bits per heavy atom. The molecule has 2 amide bonds. The van der Waals surface area contributed by atoms with Crippen LogP contribution in [0.2, 0.25) is 0 Å². The SMILES string of the molecule is NC(=O)OCC1(COC(N)=O)COCOC1. The van der Waals surface area contributed by atoms with Crippen molar-refractivity contribution in [2.24, 2.45) is 16.9 Å². The average Bonchev–Trinajstić information content (AvgIpc) is 2.25. The van der Waals surface area contributed by atoms with Gasteiger partial charge >= 0.3 is 12.2 Å². The largest absolute Gasteiger partial charge is 0.449 e. The van der Waals surface area contributed by atoms with Gasteiger partial charge in [0.15, 0.2) is 0 Å². The number of rotatable bonds is 4. The minimum Gasteiger partial charge on any atom is -0.449 e. The average molecular weight is 234 g/mol. The summed E-state index contributed by atoms with van der Waals surface area (Å²) in [6.45, 7) is 0.487. The second kappa shape index (κ2) is 5.52. The van der Waals surface area contributed by atoms with Gasteiger partial charge in [-0.25, -0.2) is 9.59 Å². The Labute approximate surface area is 91.7 Å². The molecule has 0 bridgehead atoms. The lowest BCUT2D eigenvalue weighted by atomic mass is 9.92. The highest BCUT2D eigenvalue weighted by molar-refractivity contribution is 5.65. The Bertz CT molecular complexity index is 243. The maximum atomic E-state index is 10.5. The van der Waals surface area contributed by atoms with Crippen LogP contribution in [0.5, 0.6) is 0 Å². The standard InChI is InChI=1S/C8H14N2O6/c9-6(11)15-3-8(4-16-7(10)12)1-13-5-14-2-8/h1-5H2,(H2,9,11)(H2,10,12). The van der Waals surface area contributed by atoms with Gasteiger partial charge in [-0.15, -0.1) is 0 Å². The maximum absolute atomic E-state index is 10.5. The fourth-order valence-corrected chi connectivity index (χ4v) is 1.27. The molecule has 92 valence electrons. The highest BCUT2D eigenvalue weighted by Gasteiger charge is 2.37. The summed E-state index contributed by atoms with van der Waals surface area (Å²) in [6, 6.07) is 0. The van der Waals surface area contributed by atoms with Gasteiger partial charge in [0.05, 0.1) is 18.6 Å². The summed E-state index contributed by atoms with van der Waals surface area (Å²) in [6.07, 6.45) is -1.83. The fourth-order valence-electron chi connectivity index (χ4n) is 1.27. The van der Waals surface area contributed by atoms with Crippen molar-refractivity contribution in [1.29, 1.82) is 0 Å². The Balaban J connectivity index is 2.52. The number of nitrogens with two attached hydrogens (primary N) is 2. The van der Waals surface area contributed by atoms with Gasteiger partial charge in [0.1, 0.15) is 20.0 Å². The first-order valence-corrected chi connectivity index (χ1v) is 4.54. The lowest BCUT2D eigenvalue weighted by molar-refractivity contribution is -0.186. The lowest BCUT2D eigenvalue weighted by Crippen LogP contribution is -2.46. The number of amides is 2. The number of ether oxygens (including phenoxy) is 4. The second-order valence-electron chi connectivity index (χ2n) is 3.53. The molecule has 0 saturated carbocycles. The number of hydrogen-bond acceptors (Lipinski definition) is 6. The topological polar surface area (TPSA) is 123 Å². The van der Waals surface area contributed by atoms with Gasteiger partial charge in [0.2, 0.25) is 0 Å². The van der Waals surface area contributed by atoms with Gasteiger partial charge in [-0.05, 0) is 0 Å². The summed E-state index contributed by atoms with van der Waals surface area (Å²) in [7, 11) is 0. The van der Waals surface area contributed by atoms with Gasteiger partial charge in [0.25, 0.3) is 0 Å². The zero-order valence-corrected chi connectivity index (χ0v) is 8.64. The third-order valence-electron chi connectivity index (χ3n) is 2.02. The molecule has 1 heterocycles. The zero-order chi connectivity index (χ0) is 12.0. The van der Waals surface area contributed by atoms with Gasteiger partial charge in [-0.1, -0.05) is 0 Å². The van der Waals surface area contributed by atoms with Crippen LogP contribution in [0.25, 0.3) is 0 Å². The van der Waals surface area contributed by atoms with Gasteiger partial charge < -0.3 is 30.4 Å². The Morgan fingerprint density at radius 3 is 1.88 bits per heavy atom. The van der Waals surface area contributed by atoms with Crippen molar-refractivity contribution in [2.75, 3.05) is 33.2 Å². The minimum atomic E-state index is -0.913. The molecular formula is C8H14N2O6. The molecule has 1 fully saturated rings. The normalized spacial score (nSPS) is 18.8. The van der Waals surface area contributed by atoms with Crippen molar-refractivity contribution >= 4 is 12.2 Å². The van der Waals surface area contributed by atoms with E-state index in [2.05, 4.69) is 9.47 Å². The van der Waals surface area contributed by atoms with E-state index >= 15 is 0 Å². The van der Waals surface area contributed by atoms with Crippen molar-refractivity contribution in [2.45, 2.75) is 0 Å². The highest BCUT2D eigenvalue weighted by Crippen LogP contribution is 2.23. The molecule has 0 unspecified atom stereocenters. The molecule has 8 nitrogen and oxygen atoms in total. The van der Waals surface area contributed by atoms with Crippen LogP contribution in [0.4, 0.5) is 9.59 Å². The van der Waals surface area contributed by atoms with Crippen molar-refractivity contribution < 1.29 is 28.5 Å². The summed E-state index contributed by atoms with van der Waals surface area (Å²) < 4.78 is 19.5. The predicted octanol–water partition coefficient (Wildman–Crippen LogP) is -0.832. The molecule has 1 saturated heterocycles. The van der Waals surface area contributed by atoms with Gasteiger partial charge in [-0.3, -0.25) is 0 Å². The molecule has 0 radical (unpaired) electrons. The van der Waals surface area contributed by atoms with Crippen LogP contribution in [0.1, 0.15) is 0 Å². The van der Waals surface area contributed by atoms with E-state index in [0.29, 0.717) is 0 Å². The molecule has 8 heteroatoms. The first-order chi connectivity index (χ1) is 7.54. The van der Waals surface area contributed by atoms with E-state index in [0.717, 1.165) is 0 Å². The maximum Gasteiger partial charge on any atom is 0.404 e. The van der Waals surface area contributed by atoms with Crippen LogP contribution in [-0.4, -0.2) is 45.4 Å². The number of carbonyl (C=O) groups excluding carboxylic acids is 2. The summed E-state index contributed by atoms with van der Waals surface area (Å²) in [5, 5.41) is 0. The molecule has 0 aromatic heterocycles. The van der Waals surface area contributed by atoms with E-state index in [1.165, 1.54) is 0 Å². The predicted molar refractivity (Wildman–Crippen MR) is 50.3 cm³/mol. The van der Waals surface area contributed by atoms with Crippen molar-refractivity contribution in [3.63, 3.8) is 0 Å². The van der Waals surface area contributed by atoms with Crippen LogP contribution < -0.4 is 11.5 Å². The Morgan fingerprint density at radius 2 is 1.50 bits per heavy atom. The molecule has 0 spiro atoms. The van der Waals surface area contributed by atoms with E-state index in [-0.39, 0.29) is 33.2 Å². The summed E-state index contributed by atoms with van der Waals surface area (Å²) in [5.41, 5.74) is 8.95. The van der Waals surface area contributed by atoms with Crippen LogP contribution in [0.3, 0.4) is 0 Å². The summed E-state index contributed by atoms with van der Waals surface area (Å²) in [5.74, 6) is 0. The molecule has 0 atom stereocenters. The third kappa shape index (κ3) is 3.91. The fraction of sp³-hybridized carbons (Fsp3) is 0.750. The molecule has 0 aromatic rings. The molecular weight excluding hydrogens is 220 g/mol. The molecule has 1 aliphatic rings. The number of hydrogen-bond donors (Lipinski definition) is 2.